The zero-order chi connectivity index (χ0) is 11.5. The van der Waals surface area contributed by atoms with Crippen molar-refractivity contribution in [3.63, 3.8) is 0 Å². The first kappa shape index (κ1) is 10.8. The van der Waals surface area contributed by atoms with Gasteiger partial charge in [0.1, 0.15) is 27.6 Å². The van der Waals surface area contributed by atoms with Crippen molar-refractivity contribution in [2.75, 3.05) is 11.1 Å². The van der Waals surface area contributed by atoms with Crippen LogP contribution in [0.3, 0.4) is 0 Å². The number of thiophene rings is 1. The number of nitrogens with two attached hydrogens (primary N) is 1. The smallest absolute Gasteiger partial charge is 0.131 e. The van der Waals surface area contributed by atoms with Gasteiger partial charge in [0.2, 0.25) is 0 Å². The summed E-state index contributed by atoms with van der Waals surface area (Å²) in [6.07, 6.45) is 4.71. The first-order chi connectivity index (χ1) is 7.76. The highest BCUT2D eigenvalue weighted by molar-refractivity contribution is 7.17. The summed E-state index contributed by atoms with van der Waals surface area (Å²) in [7, 11) is 0. The highest BCUT2D eigenvalue weighted by Gasteiger charge is 2.20. The third-order valence-corrected chi connectivity index (χ3v) is 3.89. The van der Waals surface area contributed by atoms with Crippen molar-refractivity contribution in [3.05, 3.63) is 10.4 Å². The average molecular weight is 232 g/mol. The van der Waals surface area contributed by atoms with Crippen LogP contribution in [0.4, 0.5) is 10.7 Å². The number of nitriles is 2. The predicted octanol–water partition coefficient (Wildman–Crippen LogP) is 2.43. The molecule has 1 aliphatic rings. The number of nitrogens with zero attached hydrogens (tertiary/aromatic N) is 2. The summed E-state index contributed by atoms with van der Waals surface area (Å²) in [6.45, 7) is 0. The Labute approximate surface area is 98.3 Å². The highest BCUT2D eigenvalue weighted by atomic mass is 32.1. The van der Waals surface area contributed by atoms with Crippen LogP contribution >= 0.6 is 11.3 Å². The maximum Gasteiger partial charge on any atom is 0.131 e. The number of rotatable bonds is 2. The van der Waals surface area contributed by atoms with Crippen LogP contribution in [0.5, 0.6) is 0 Å². The Morgan fingerprint density at radius 3 is 2.50 bits per heavy atom. The quantitative estimate of drug-likeness (QED) is 0.820. The van der Waals surface area contributed by atoms with E-state index in [1.54, 1.807) is 0 Å². The van der Waals surface area contributed by atoms with Crippen molar-refractivity contribution in [3.8, 4) is 12.1 Å². The lowest BCUT2D eigenvalue weighted by Gasteiger charge is -2.11. The molecule has 0 aromatic carbocycles. The van der Waals surface area contributed by atoms with Gasteiger partial charge in [-0.2, -0.15) is 10.5 Å². The Morgan fingerprint density at radius 1 is 1.25 bits per heavy atom. The summed E-state index contributed by atoms with van der Waals surface area (Å²) in [5.74, 6) is 0. The van der Waals surface area contributed by atoms with Crippen molar-refractivity contribution in [2.24, 2.45) is 0 Å². The topological polar surface area (TPSA) is 85.6 Å². The molecule has 0 radical (unpaired) electrons. The van der Waals surface area contributed by atoms with Crippen LogP contribution in [0.15, 0.2) is 0 Å². The molecule has 1 fully saturated rings. The van der Waals surface area contributed by atoms with Crippen LogP contribution < -0.4 is 11.1 Å². The van der Waals surface area contributed by atoms with Gasteiger partial charge in [-0.1, -0.05) is 12.8 Å². The maximum absolute atomic E-state index is 9.01. The average Bonchev–Trinajstić information content (AvgIpc) is 2.87. The zero-order valence-electron chi connectivity index (χ0n) is 8.79. The van der Waals surface area contributed by atoms with Gasteiger partial charge in [-0.15, -0.1) is 11.3 Å². The molecule has 2 rings (SSSR count). The van der Waals surface area contributed by atoms with Gasteiger partial charge < -0.3 is 11.1 Å². The van der Waals surface area contributed by atoms with E-state index >= 15 is 0 Å². The lowest BCUT2D eigenvalue weighted by atomic mass is 10.2. The van der Waals surface area contributed by atoms with E-state index in [-0.39, 0.29) is 0 Å². The summed E-state index contributed by atoms with van der Waals surface area (Å²) in [6, 6.07) is 4.51. The minimum absolute atomic E-state index is 0.315. The van der Waals surface area contributed by atoms with E-state index in [1.807, 2.05) is 6.07 Å². The first-order valence-corrected chi connectivity index (χ1v) is 6.07. The van der Waals surface area contributed by atoms with Crippen molar-refractivity contribution in [2.45, 2.75) is 31.7 Å². The second-order valence-electron chi connectivity index (χ2n) is 3.90. The van der Waals surface area contributed by atoms with E-state index in [9.17, 15) is 0 Å². The predicted molar refractivity (Wildman–Crippen MR) is 64.0 cm³/mol. The molecule has 0 saturated heterocycles. The number of hydrogen-bond acceptors (Lipinski definition) is 5. The van der Waals surface area contributed by atoms with Gasteiger partial charge in [-0.3, -0.25) is 0 Å². The van der Waals surface area contributed by atoms with E-state index in [1.165, 1.54) is 24.2 Å². The second kappa shape index (κ2) is 4.42. The van der Waals surface area contributed by atoms with Crippen LogP contribution in [0, 0.1) is 22.7 Å². The number of hydrogen-bond donors (Lipinski definition) is 2. The Bertz CT molecular complexity index is 471. The van der Waals surface area contributed by atoms with Gasteiger partial charge in [0.15, 0.2) is 0 Å². The molecule has 16 heavy (non-hydrogen) atoms. The number of anilines is 2. The fourth-order valence-corrected chi connectivity index (χ4v) is 2.94. The molecule has 0 atom stereocenters. The molecule has 0 unspecified atom stereocenters. The van der Waals surface area contributed by atoms with Crippen LogP contribution in [0.2, 0.25) is 0 Å². The molecule has 1 aliphatic carbocycles. The van der Waals surface area contributed by atoms with Crippen LogP contribution in [0.25, 0.3) is 0 Å². The molecule has 0 spiro atoms. The monoisotopic (exact) mass is 232 g/mol. The molecule has 1 heterocycles. The molecule has 0 amide bonds. The van der Waals surface area contributed by atoms with Crippen molar-refractivity contribution < 1.29 is 0 Å². The molecule has 0 aliphatic heterocycles. The third kappa shape index (κ3) is 1.82. The molecular formula is C11H12N4S. The van der Waals surface area contributed by atoms with Gasteiger partial charge in [-0.05, 0) is 12.8 Å². The van der Waals surface area contributed by atoms with Crippen molar-refractivity contribution >= 4 is 22.0 Å². The van der Waals surface area contributed by atoms with Gasteiger partial charge in [0.05, 0.1) is 5.69 Å². The first-order valence-electron chi connectivity index (χ1n) is 5.25. The third-order valence-electron chi connectivity index (χ3n) is 2.85. The number of nitrogens with one attached hydrogen (secondary N) is 1. The fraction of sp³-hybridized carbons (Fsp3) is 0.455. The molecule has 3 N–H and O–H groups in total. The van der Waals surface area contributed by atoms with Crippen LogP contribution in [-0.2, 0) is 0 Å². The lowest BCUT2D eigenvalue weighted by molar-refractivity contribution is 0.758. The van der Waals surface area contributed by atoms with Gasteiger partial charge in [-0.25, -0.2) is 0 Å². The molecule has 1 aromatic rings. The summed E-state index contributed by atoms with van der Waals surface area (Å²) >= 11 is 1.28. The minimum atomic E-state index is 0.315. The Balaban J connectivity index is 2.27. The molecule has 1 saturated carbocycles. The Morgan fingerprint density at radius 2 is 1.94 bits per heavy atom. The normalized spacial score (nSPS) is 15.6. The van der Waals surface area contributed by atoms with E-state index in [0.29, 0.717) is 22.2 Å². The second-order valence-corrected chi connectivity index (χ2v) is 4.92. The fourth-order valence-electron chi connectivity index (χ4n) is 2.00. The zero-order valence-corrected chi connectivity index (χ0v) is 9.60. The van der Waals surface area contributed by atoms with Gasteiger partial charge in [0.25, 0.3) is 0 Å². The molecule has 4 nitrogen and oxygen atoms in total. The molecule has 1 aromatic heterocycles. The highest BCUT2D eigenvalue weighted by Crippen LogP contribution is 2.36. The van der Waals surface area contributed by atoms with Crippen molar-refractivity contribution in [1.29, 1.82) is 10.5 Å². The van der Waals surface area contributed by atoms with E-state index < -0.39 is 0 Å². The Hall–Kier alpha value is -1.72. The summed E-state index contributed by atoms with van der Waals surface area (Å²) in [4.78, 5) is 0.428. The van der Waals surface area contributed by atoms with Crippen LogP contribution in [0.1, 0.15) is 36.1 Å². The standard InChI is InChI=1S/C11H12N4S/c12-5-8-10(14)9(6-13)16-11(8)15-7-3-1-2-4-7/h7,15H,1-4,14H2. The molecule has 5 heteroatoms. The van der Waals surface area contributed by atoms with E-state index in [0.717, 1.165) is 17.8 Å². The van der Waals surface area contributed by atoms with E-state index in [2.05, 4.69) is 11.4 Å². The summed E-state index contributed by atoms with van der Waals surface area (Å²) in [5, 5.41) is 21.9. The van der Waals surface area contributed by atoms with E-state index in [4.69, 9.17) is 16.3 Å². The molecule has 0 bridgehead atoms. The maximum atomic E-state index is 9.01. The SMILES string of the molecule is N#Cc1sc(NC2CCCC2)c(C#N)c1N. The summed E-state index contributed by atoms with van der Waals surface area (Å²) < 4.78 is 0. The van der Waals surface area contributed by atoms with Gasteiger partial charge in [0, 0.05) is 6.04 Å². The van der Waals surface area contributed by atoms with Gasteiger partial charge >= 0.3 is 0 Å². The molecule has 82 valence electrons. The van der Waals surface area contributed by atoms with Crippen LogP contribution in [-0.4, -0.2) is 6.04 Å². The van der Waals surface area contributed by atoms with Crippen molar-refractivity contribution in [1.82, 2.24) is 0 Å². The summed E-state index contributed by atoms with van der Waals surface area (Å²) in [5.41, 5.74) is 6.46. The minimum Gasteiger partial charge on any atom is -0.396 e. The Kier molecular flexibility index (Phi) is 2.98. The number of nitrogen functional groups attached to an aromatic ring is 1. The largest absolute Gasteiger partial charge is 0.396 e. The molecular weight excluding hydrogens is 220 g/mol. The lowest BCUT2D eigenvalue weighted by Crippen LogP contribution is -2.14.